The molecule has 0 aliphatic heterocycles. The van der Waals surface area contributed by atoms with Gasteiger partial charge in [-0.2, -0.15) is 5.10 Å². The van der Waals surface area contributed by atoms with Gasteiger partial charge < -0.3 is 11.1 Å². The summed E-state index contributed by atoms with van der Waals surface area (Å²) in [5, 5.41) is 6.70. The Morgan fingerprint density at radius 2 is 2.22 bits per heavy atom. The molecule has 0 atom stereocenters. The molecule has 0 saturated carbocycles. The van der Waals surface area contributed by atoms with Crippen molar-refractivity contribution in [2.24, 2.45) is 7.05 Å². The maximum Gasteiger partial charge on any atom is 0.256 e. The van der Waals surface area contributed by atoms with E-state index in [4.69, 9.17) is 5.73 Å². The Hall–Kier alpha value is -2.37. The zero-order valence-electron chi connectivity index (χ0n) is 10.3. The standard InChI is InChI=1S/C12H15N5O/c1-8-3-4-9(5-14-8)6-15-12(18)10-7-16-17(2)11(10)13/h3-5,7H,6,13H2,1-2H3,(H,15,18). The number of nitrogens with two attached hydrogens (primary N) is 1. The third-order valence-electron chi connectivity index (χ3n) is 2.65. The lowest BCUT2D eigenvalue weighted by molar-refractivity contribution is 0.0951. The number of aryl methyl sites for hydroxylation is 2. The van der Waals surface area contributed by atoms with Crippen molar-refractivity contribution < 1.29 is 4.79 Å². The van der Waals surface area contributed by atoms with Crippen molar-refractivity contribution in [3.8, 4) is 0 Å². The molecule has 0 spiro atoms. The first-order valence-electron chi connectivity index (χ1n) is 5.55. The zero-order chi connectivity index (χ0) is 13.1. The first-order chi connectivity index (χ1) is 8.58. The summed E-state index contributed by atoms with van der Waals surface area (Å²) < 4.78 is 1.46. The second kappa shape index (κ2) is 4.87. The molecule has 6 nitrogen and oxygen atoms in total. The average Bonchev–Trinajstić information content (AvgIpc) is 2.69. The normalized spacial score (nSPS) is 10.3. The van der Waals surface area contributed by atoms with E-state index in [2.05, 4.69) is 15.4 Å². The Labute approximate surface area is 105 Å². The number of nitrogens with zero attached hydrogens (tertiary/aromatic N) is 3. The molecule has 2 aromatic heterocycles. The molecule has 0 fully saturated rings. The smallest absolute Gasteiger partial charge is 0.256 e. The van der Waals surface area contributed by atoms with Crippen LogP contribution in [0.15, 0.2) is 24.5 Å². The molecule has 0 radical (unpaired) electrons. The van der Waals surface area contributed by atoms with Crippen LogP contribution < -0.4 is 11.1 Å². The third-order valence-corrected chi connectivity index (χ3v) is 2.65. The number of carbonyl (C=O) groups is 1. The summed E-state index contributed by atoms with van der Waals surface area (Å²) in [5.41, 5.74) is 7.99. The summed E-state index contributed by atoms with van der Waals surface area (Å²) in [5.74, 6) is 0.121. The molecule has 0 aliphatic rings. The van der Waals surface area contributed by atoms with Gasteiger partial charge in [-0.25, -0.2) is 0 Å². The highest BCUT2D eigenvalue weighted by Gasteiger charge is 2.12. The minimum atomic E-state index is -0.235. The summed E-state index contributed by atoms with van der Waals surface area (Å²) >= 11 is 0. The van der Waals surface area contributed by atoms with Gasteiger partial charge in [0.1, 0.15) is 11.4 Å². The number of pyridine rings is 1. The first-order valence-corrected chi connectivity index (χ1v) is 5.55. The molecule has 0 aliphatic carbocycles. The first kappa shape index (κ1) is 12.1. The van der Waals surface area contributed by atoms with Gasteiger partial charge >= 0.3 is 0 Å². The van der Waals surface area contributed by atoms with Gasteiger partial charge in [0.05, 0.1) is 6.20 Å². The van der Waals surface area contributed by atoms with Gasteiger partial charge in [0.2, 0.25) is 0 Å². The number of carbonyl (C=O) groups excluding carboxylic acids is 1. The quantitative estimate of drug-likeness (QED) is 0.830. The number of hydrogen-bond donors (Lipinski definition) is 2. The van der Waals surface area contributed by atoms with Crippen molar-refractivity contribution >= 4 is 11.7 Å². The van der Waals surface area contributed by atoms with Crippen LogP contribution in [0.4, 0.5) is 5.82 Å². The molecule has 2 aromatic rings. The number of amides is 1. The van der Waals surface area contributed by atoms with Crippen molar-refractivity contribution in [2.45, 2.75) is 13.5 Å². The lowest BCUT2D eigenvalue weighted by Crippen LogP contribution is -2.23. The Balaban J connectivity index is 2.00. The molecule has 0 bridgehead atoms. The molecule has 0 saturated heterocycles. The largest absolute Gasteiger partial charge is 0.383 e. The zero-order valence-corrected chi connectivity index (χ0v) is 10.3. The van der Waals surface area contributed by atoms with E-state index in [1.54, 1.807) is 13.2 Å². The second-order valence-electron chi connectivity index (χ2n) is 4.06. The third kappa shape index (κ3) is 2.48. The molecule has 1 amide bonds. The highest BCUT2D eigenvalue weighted by atomic mass is 16.1. The molecule has 0 unspecified atom stereocenters. The van der Waals surface area contributed by atoms with E-state index >= 15 is 0 Å². The fourth-order valence-electron chi connectivity index (χ4n) is 1.50. The lowest BCUT2D eigenvalue weighted by atomic mass is 10.2. The minimum absolute atomic E-state index is 0.235. The molecular formula is C12H15N5O. The highest BCUT2D eigenvalue weighted by molar-refractivity contribution is 5.98. The van der Waals surface area contributed by atoms with Crippen LogP contribution in [0.25, 0.3) is 0 Å². The van der Waals surface area contributed by atoms with E-state index in [9.17, 15) is 4.79 Å². The minimum Gasteiger partial charge on any atom is -0.383 e. The number of anilines is 1. The van der Waals surface area contributed by atoms with Gasteiger partial charge in [0.15, 0.2) is 0 Å². The molecular weight excluding hydrogens is 230 g/mol. The van der Waals surface area contributed by atoms with Crippen molar-refractivity contribution in [3.63, 3.8) is 0 Å². The monoisotopic (exact) mass is 245 g/mol. The Bertz CT molecular complexity index is 558. The molecule has 3 N–H and O–H groups in total. The second-order valence-corrected chi connectivity index (χ2v) is 4.06. The highest BCUT2D eigenvalue weighted by Crippen LogP contribution is 2.09. The van der Waals surface area contributed by atoms with Crippen LogP contribution in [0.1, 0.15) is 21.6 Å². The van der Waals surface area contributed by atoms with Crippen molar-refractivity contribution in [1.82, 2.24) is 20.1 Å². The fraction of sp³-hybridized carbons (Fsp3) is 0.250. The van der Waals surface area contributed by atoms with Crippen LogP contribution in [-0.4, -0.2) is 20.7 Å². The summed E-state index contributed by atoms with van der Waals surface area (Å²) in [6.07, 6.45) is 3.19. The van der Waals surface area contributed by atoms with Crippen LogP contribution in [0, 0.1) is 6.92 Å². The molecule has 0 aromatic carbocycles. The van der Waals surface area contributed by atoms with Crippen LogP contribution in [0.3, 0.4) is 0 Å². The summed E-state index contributed by atoms with van der Waals surface area (Å²) in [4.78, 5) is 16.0. The van der Waals surface area contributed by atoms with Crippen molar-refractivity contribution in [3.05, 3.63) is 41.3 Å². The molecule has 18 heavy (non-hydrogen) atoms. The van der Waals surface area contributed by atoms with E-state index < -0.39 is 0 Å². The lowest BCUT2D eigenvalue weighted by Gasteiger charge is -2.04. The van der Waals surface area contributed by atoms with E-state index in [-0.39, 0.29) is 5.91 Å². The Kier molecular flexibility index (Phi) is 3.27. The van der Waals surface area contributed by atoms with Crippen LogP contribution in [-0.2, 0) is 13.6 Å². The predicted molar refractivity (Wildman–Crippen MR) is 67.8 cm³/mol. The number of nitrogens with one attached hydrogen (secondary N) is 1. The molecule has 2 rings (SSSR count). The van der Waals surface area contributed by atoms with E-state index in [0.29, 0.717) is 17.9 Å². The molecule has 94 valence electrons. The van der Waals surface area contributed by atoms with Gasteiger partial charge in [-0.1, -0.05) is 6.07 Å². The van der Waals surface area contributed by atoms with E-state index in [1.807, 2.05) is 19.1 Å². The van der Waals surface area contributed by atoms with Crippen LogP contribution >= 0.6 is 0 Å². The van der Waals surface area contributed by atoms with Crippen molar-refractivity contribution in [2.75, 3.05) is 5.73 Å². The Morgan fingerprint density at radius 1 is 1.44 bits per heavy atom. The van der Waals surface area contributed by atoms with Gasteiger partial charge in [-0.05, 0) is 18.6 Å². The number of nitrogen functional groups attached to an aromatic ring is 1. The summed E-state index contributed by atoms with van der Waals surface area (Å²) in [7, 11) is 1.69. The predicted octanol–water partition coefficient (Wildman–Crippen LogP) is 0.636. The summed E-state index contributed by atoms with van der Waals surface area (Å²) in [6.45, 7) is 2.33. The fourth-order valence-corrected chi connectivity index (χ4v) is 1.50. The number of hydrogen-bond acceptors (Lipinski definition) is 4. The maximum absolute atomic E-state index is 11.9. The van der Waals surface area contributed by atoms with Gasteiger partial charge in [-0.3, -0.25) is 14.5 Å². The van der Waals surface area contributed by atoms with Crippen LogP contribution in [0.5, 0.6) is 0 Å². The number of rotatable bonds is 3. The SMILES string of the molecule is Cc1ccc(CNC(=O)c2cnn(C)c2N)cn1. The average molecular weight is 245 g/mol. The van der Waals surface area contributed by atoms with E-state index in [0.717, 1.165) is 11.3 Å². The summed E-state index contributed by atoms with van der Waals surface area (Å²) in [6, 6.07) is 3.83. The van der Waals surface area contributed by atoms with Gasteiger partial charge in [0, 0.05) is 25.5 Å². The van der Waals surface area contributed by atoms with E-state index in [1.165, 1.54) is 10.9 Å². The maximum atomic E-state index is 11.9. The topological polar surface area (TPSA) is 85.8 Å². The van der Waals surface area contributed by atoms with Gasteiger partial charge in [0.25, 0.3) is 5.91 Å². The molecule has 2 heterocycles. The van der Waals surface area contributed by atoms with Gasteiger partial charge in [-0.15, -0.1) is 0 Å². The van der Waals surface area contributed by atoms with Crippen molar-refractivity contribution in [1.29, 1.82) is 0 Å². The number of aromatic nitrogens is 3. The Morgan fingerprint density at radius 3 is 2.78 bits per heavy atom. The van der Waals surface area contributed by atoms with Crippen LogP contribution in [0.2, 0.25) is 0 Å². The molecule has 6 heteroatoms.